The largest absolute Gasteiger partial charge is 0.309 e. The maximum atomic E-state index is 2.33. The second kappa shape index (κ2) is 7.34. The average molecular weight is 311 g/mol. The van der Waals surface area contributed by atoms with E-state index in [4.69, 9.17) is 0 Å². The van der Waals surface area contributed by atoms with Gasteiger partial charge in [0.25, 0.3) is 0 Å². The second-order valence-electron chi connectivity index (χ2n) is 6.31. The molecule has 2 aromatic rings. The van der Waals surface area contributed by atoms with Crippen molar-refractivity contribution in [1.29, 1.82) is 0 Å². The summed E-state index contributed by atoms with van der Waals surface area (Å²) in [5, 5.41) is 0.497. The lowest BCUT2D eigenvalue weighted by atomic mass is 10.00. The standard InChI is InChI=1S/C20H25NS/c1-21(2)14-7-15-22-20-18-10-5-3-8-16(18)12-13-17-9-4-6-11-19(17)20/h3-6,8-11,20H,7,12-15H2,1-2H3. The van der Waals surface area contributed by atoms with Crippen molar-refractivity contribution in [1.82, 2.24) is 4.90 Å². The van der Waals surface area contributed by atoms with E-state index in [-0.39, 0.29) is 0 Å². The molecule has 0 atom stereocenters. The molecule has 0 N–H and O–H groups in total. The van der Waals surface area contributed by atoms with E-state index in [9.17, 15) is 0 Å². The van der Waals surface area contributed by atoms with Crippen LogP contribution in [0, 0.1) is 0 Å². The van der Waals surface area contributed by atoms with Gasteiger partial charge in [0.2, 0.25) is 0 Å². The van der Waals surface area contributed by atoms with Crippen molar-refractivity contribution >= 4 is 11.8 Å². The molecule has 1 nitrogen and oxygen atoms in total. The number of fused-ring (bicyclic) bond motifs is 2. The number of thioether (sulfide) groups is 1. The molecule has 2 aromatic carbocycles. The van der Waals surface area contributed by atoms with E-state index in [1.54, 1.807) is 0 Å². The quantitative estimate of drug-likeness (QED) is 0.745. The van der Waals surface area contributed by atoms with Crippen molar-refractivity contribution in [2.75, 3.05) is 26.4 Å². The molecule has 3 rings (SSSR count). The van der Waals surface area contributed by atoms with Crippen LogP contribution < -0.4 is 0 Å². The Labute approximate surface area is 138 Å². The van der Waals surface area contributed by atoms with Gasteiger partial charge >= 0.3 is 0 Å². The Morgan fingerprint density at radius 1 is 0.909 bits per heavy atom. The Morgan fingerprint density at radius 3 is 2.00 bits per heavy atom. The van der Waals surface area contributed by atoms with Crippen LogP contribution in [-0.2, 0) is 12.8 Å². The molecule has 0 aliphatic heterocycles. The normalized spacial score (nSPS) is 14.5. The van der Waals surface area contributed by atoms with E-state index in [1.165, 1.54) is 53.8 Å². The van der Waals surface area contributed by atoms with Crippen molar-refractivity contribution in [3.63, 3.8) is 0 Å². The van der Waals surface area contributed by atoms with Gasteiger partial charge < -0.3 is 4.90 Å². The predicted molar refractivity (Wildman–Crippen MR) is 97.8 cm³/mol. The Kier molecular flexibility index (Phi) is 5.22. The minimum absolute atomic E-state index is 0.497. The molecule has 0 radical (unpaired) electrons. The summed E-state index contributed by atoms with van der Waals surface area (Å²) in [4.78, 5) is 2.27. The van der Waals surface area contributed by atoms with E-state index < -0.39 is 0 Å². The molecule has 0 unspecified atom stereocenters. The molecule has 0 aromatic heterocycles. The zero-order valence-electron chi connectivity index (χ0n) is 13.6. The summed E-state index contributed by atoms with van der Waals surface area (Å²) in [7, 11) is 4.31. The van der Waals surface area contributed by atoms with Crippen molar-refractivity contribution in [3.8, 4) is 0 Å². The topological polar surface area (TPSA) is 3.24 Å². The fraction of sp³-hybridized carbons (Fsp3) is 0.400. The molecule has 0 amide bonds. The molecule has 0 saturated heterocycles. The fourth-order valence-corrected chi connectivity index (χ4v) is 4.58. The van der Waals surface area contributed by atoms with Crippen LogP contribution in [0.5, 0.6) is 0 Å². The van der Waals surface area contributed by atoms with Crippen LogP contribution in [0.25, 0.3) is 0 Å². The third-order valence-corrected chi connectivity index (χ3v) is 5.74. The lowest BCUT2D eigenvalue weighted by Crippen LogP contribution is -2.13. The van der Waals surface area contributed by atoms with Gasteiger partial charge in [-0.2, -0.15) is 0 Å². The Balaban J connectivity index is 1.85. The van der Waals surface area contributed by atoms with Crippen LogP contribution in [0.2, 0.25) is 0 Å². The van der Waals surface area contributed by atoms with Crippen molar-refractivity contribution < 1.29 is 0 Å². The first kappa shape index (κ1) is 15.6. The number of hydrogen-bond donors (Lipinski definition) is 0. The first-order chi connectivity index (χ1) is 10.8. The minimum Gasteiger partial charge on any atom is -0.309 e. The number of benzene rings is 2. The number of aryl methyl sites for hydroxylation is 2. The molecule has 2 heteroatoms. The molecule has 0 heterocycles. The molecular formula is C20H25NS. The lowest BCUT2D eigenvalue weighted by Gasteiger charge is -2.20. The van der Waals surface area contributed by atoms with Crippen LogP contribution in [0.1, 0.15) is 33.9 Å². The molecule has 0 spiro atoms. The fourth-order valence-electron chi connectivity index (χ4n) is 3.23. The van der Waals surface area contributed by atoms with Gasteiger partial charge in [-0.1, -0.05) is 48.5 Å². The van der Waals surface area contributed by atoms with Crippen LogP contribution in [0.4, 0.5) is 0 Å². The highest BCUT2D eigenvalue weighted by molar-refractivity contribution is 7.99. The molecule has 0 bridgehead atoms. The third kappa shape index (κ3) is 3.56. The summed E-state index contributed by atoms with van der Waals surface area (Å²) >= 11 is 2.11. The van der Waals surface area contributed by atoms with Gasteiger partial charge in [-0.05, 0) is 67.9 Å². The Morgan fingerprint density at radius 2 is 1.45 bits per heavy atom. The van der Waals surface area contributed by atoms with Crippen LogP contribution in [0.15, 0.2) is 48.5 Å². The van der Waals surface area contributed by atoms with Crippen molar-refractivity contribution in [2.24, 2.45) is 0 Å². The molecule has 1 aliphatic carbocycles. The van der Waals surface area contributed by atoms with E-state index in [2.05, 4.69) is 79.3 Å². The highest BCUT2D eigenvalue weighted by atomic mass is 32.2. The summed E-state index contributed by atoms with van der Waals surface area (Å²) in [6.45, 7) is 1.17. The van der Waals surface area contributed by atoms with E-state index in [0.29, 0.717) is 5.25 Å². The molecule has 0 saturated carbocycles. The first-order valence-electron chi connectivity index (χ1n) is 8.17. The first-order valence-corrected chi connectivity index (χ1v) is 9.22. The van der Waals surface area contributed by atoms with Gasteiger partial charge in [-0.3, -0.25) is 0 Å². The van der Waals surface area contributed by atoms with Gasteiger partial charge in [0.1, 0.15) is 0 Å². The molecular weight excluding hydrogens is 286 g/mol. The molecule has 116 valence electrons. The van der Waals surface area contributed by atoms with E-state index in [1.807, 2.05) is 0 Å². The highest BCUT2D eigenvalue weighted by Crippen LogP contribution is 2.41. The molecule has 0 fully saturated rings. The summed E-state index contributed by atoms with van der Waals surface area (Å²) in [6.07, 6.45) is 3.59. The number of nitrogens with zero attached hydrogens (tertiary/aromatic N) is 1. The Bertz CT molecular complexity index is 573. The SMILES string of the molecule is CN(C)CCCSC1c2ccccc2CCc2ccccc21. The van der Waals surface area contributed by atoms with Crippen molar-refractivity contribution in [2.45, 2.75) is 24.5 Å². The molecule has 1 aliphatic rings. The smallest absolute Gasteiger partial charge is 0.0552 e. The zero-order chi connectivity index (χ0) is 15.4. The zero-order valence-corrected chi connectivity index (χ0v) is 14.4. The summed E-state index contributed by atoms with van der Waals surface area (Å²) in [5.41, 5.74) is 6.12. The molecule has 22 heavy (non-hydrogen) atoms. The van der Waals surface area contributed by atoms with Gasteiger partial charge in [-0.15, -0.1) is 11.8 Å². The third-order valence-electron chi connectivity index (χ3n) is 4.37. The van der Waals surface area contributed by atoms with Crippen LogP contribution >= 0.6 is 11.8 Å². The van der Waals surface area contributed by atoms with Crippen molar-refractivity contribution in [3.05, 3.63) is 70.8 Å². The number of rotatable bonds is 5. The minimum atomic E-state index is 0.497. The average Bonchev–Trinajstić information content (AvgIpc) is 2.69. The van der Waals surface area contributed by atoms with Gasteiger partial charge in [-0.25, -0.2) is 0 Å². The van der Waals surface area contributed by atoms with Crippen LogP contribution in [-0.4, -0.2) is 31.3 Å². The maximum absolute atomic E-state index is 2.33. The monoisotopic (exact) mass is 311 g/mol. The lowest BCUT2D eigenvalue weighted by molar-refractivity contribution is 0.410. The maximum Gasteiger partial charge on any atom is 0.0552 e. The highest BCUT2D eigenvalue weighted by Gasteiger charge is 2.23. The summed E-state index contributed by atoms with van der Waals surface area (Å²) in [6, 6.07) is 18.1. The Hall–Kier alpha value is -1.25. The van der Waals surface area contributed by atoms with Gasteiger partial charge in [0.05, 0.1) is 5.25 Å². The second-order valence-corrected chi connectivity index (χ2v) is 7.52. The summed E-state index contributed by atoms with van der Waals surface area (Å²) < 4.78 is 0. The summed E-state index contributed by atoms with van der Waals surface area (Å²) in [5.74, 6) is 1.21. The van der Waals surface area contributed by atoms with Gasteiger partial charge in [0, 0.05) is 0 Å². The van der Waals surface area contributed by atoms with E-state index in [0.717, 1.165) is 0 Å². The van der Waals surface area contributed by atoms with E-state index >= 15 is 0 Å². The number of hydrogen-bond acceptors (Lipinski definition) is 2. The predicted octanol–water partition coefficient (Wildman–Crippen LogP) is 4.56. The van der Waals surface area contributed by atoms with Crippen LogP contribution in [0.3, 0.4) is 0 Å². The van der Waals surface area contributed by atoms with Gasteiger partial charge in [0.15, 0.2) is 0 Å².